The number of allylic oxidation sites excluding steroid dienone is 1. The van der Waals surface area contributed by atoms with Gasteiger partial charge in [0, 0.05) is 52.0 Å². The lowest BCUT2D eigenvalue weighted by atomic mass is 9.96. The van der Waals surface area contributed by atoms with E-state index in [1.54, 1.807) is 43.7 Å². The number of fused-ring (bicyclic) bond motifs is 1. The van der Waals surface area contributed by atoms with Crippen LogP contribution < -0.4 is 20.1 Å². The number of carbonyl (C=O) groups is 2. The normalized spacial score (nSPS) is 11.3. The van der Waals surface area contributed by atoms with E-state index in [2.05, 4.69) is 10.6 Å². The van der Waals surface area contributed by atoms with E-state index in [0.29, 0.717) is 23.7 Å². The van der Waals surface area contributed by atoms with Crippen molar-refractivity contribution in [2.75, 3.05) is 24.4 Å². The molecule has 0 atom stereocenters. The molecule has 0 fully saturated rings. The van der Waals surface area contributed by atoms with Crippen LogP contribution in [0, 0.1) is 6.92 Å². The Labute approximate surface area is 216 Å². The van der Waals surface area contributed by atoms with Gasteiger partial charge in [0.15, 0.2) is 0 Å². The number of nitrogens with one attached hydrogen (secondary N) is 2. The zero-order valence-electron chi connectivity index (χ0n) is 21.6. The van der Waals surface area contributed by atoms with Crippen molar-refractivity contribution >= 4 is 39.7 Å². The molecule has 1 heterocycles. The smallest absolute Gasteiger partial charge is 0.248 e. The third kappa shape index (κ3) is 5.51. The van der Waals surface area contributed by atoms with Gasteiger partial charge in [0.1, 0.15) is 17.1 Å². The maximum Gasteiger partial charge on any atom is 0.248 e. The Balaban J connectivity index is 1.71. The second-order valence-corrected chi connectivity index (χ2v) is 8.61. The predicted octanol–water partition coefficient (Wildman–Crippen LogP) is 6.82. The number of hydrogen-bond acceptors (Lipinski definition) is 5. The lowest BCUT2D eigenvalue weighted by molar-refractivity contribution is -0.114. The molecule has 0 radical (unpaired) electrons. The minimum atomic E-state index is -0.276. The highest BCUT2D eigenvalue weighted by Crippen LogP contribution is 2.42. The van der Waals surface area contributed by atoms with Gasteiger partial charge in [0.25, 0.3) is 0 Å². The van der Waals surface area contributed by atoms with Crippen molar-refractivity contribution in [2.24, 2.45) is 0 Å². The Bertz CT molecular complexity index is 1480. The van der Waals surface area contributed by atoms with Crippen molar-refractivity contribution in [2.45, 2.75) is 27.7 Å². The molecule has 2 N–H and O–H groups in total. The molecule has 2 amide bonds. The van der Waals surface area contributed by atoms with Gasteiger partial charge in [-0.3, -0.25) is 9.59 Å². The molecule has 0 aliphatic rings. The van der Waals surface area contributed by atoms with Gasteiger partial charge in [0.05, 0.1) is 20.0 Å². The number of amides is 2. The van der Waals surface area contributed by atoms with E-state index < -0.39 is 0 Å². The first-order valence-corrected chi connectivity index (χ1v) is 12.0. The molecule has 0 aliphatic heterocycles. The molecule has 1 aromatic heterocycles. The van der Waals surface area contributed by atoms with Crippen LogP contribution in [0.3, 0.4) is 0 Å². The molecule has 4 aromatic rings. The molecule has 0 saturated heterocycles. The third-order valence-corrected chi connectivity index (χ3v) is 5.97. The van der Waals surface area contributed by atoms with Crippen LogP contribution in [0.15, 0.2) is 71.4 Å². The average Bonchev–Trinajstić information content (AvgIpc) is 3.30. The molecule has 3 aromatic carbocycles. The Morgan fingerprint density at radius 2 is 1.65 bits per heavy atom. The predicted molar refractivity (Wildman–Crippen MR) is 147 cm³/mol. The molecule has 7 nitrogen and oxygen atoms in total. The largest absolute Gasteiger partial charge is 0.496 e. The second kappa shape index (κ2) is 11.0. The van der Waals surface area contributed by atoms with E-state index in [4.69, 9.17) is 13.9 Å². The van der Waals surface area contributed by atoms with E-state index in [1.165, 1.54) is 6.92 Å². The number of carbonyl (C=O) groups excluding carboxylic acids is 2. The molecule has 7 heteroatoms. The Kier molecular flexibility index (Phi) is 7.63. The van der Waals surface area contributed by atoms with Crippen molar-refractivity contribution in [1.29, 1.82) is 0 Å². The minimum Gasteiger partial charge on any atom is -0.496 e. The summed E-state index contributed by atoms with van der Waals surface area (Å²) < 4.78 is 17.6. The highest BCUT2D eigenvalue weighted by molar-refractivity contribution is 6.06. The maximum atomic E-state index is 12.9. The van der Waals surface area contributed by atoms with E-state index in [-0.39, 0.29) is 11.8 Å². The summed E-state index contributed by atoms with van der Waals surface area (Å²) in [7, 11) is 1.64. The van der Waals surface area contributed by atoms with Crippen LogP contribution in [-0.4, -0.2) is 25.5 Å². The zero-order valence-corrected chi connectivity index (χ0v) is 21.6. The molecule has 0 bridgehead atoms. The van der Waals surface area contributed by atoms with Gasteiger partial charge in [0.2, 0.25) is 11.8 Å². The number of anilines is 2. The standard InChI is InChI=1S/C30H30N2O5/c1-6-36-29-19(3)30-25(26(17-37-30)23-9-7-8-10-27(23)35-5)16-24(29)18(2)15-28(34)32-22-13-11-21(12-14-22)31-20(4)33/h7-17H,6H2,1-5H3,(H,31,33)(H,32,34)/b18-15+. The van der Waals surface area contributed by atoms with Gasteiger partial charge < -0.3 is 24.5 Å². The van der Waals surface area contributed by atoms with E-state index in [1.807, 2.05) is 51.1 Å². The quantitative estimate of drug-likeness (QED) is 0.260. The van der Waals surface area contributed by atoms with Crippen molar-refractivity contribution in [3.8, 4) is 22.6 Å². The number of methoxy groups -OCH3 is 1. The Morgan fingerprint density at radius 3 is 2.30 bits per heavy atom. The van der Waals surface area contributed by atoms with Crippen LogP contribution in [0.1, 0.15) is 31.9 Å². The number of para-hydroxylation sites is 1. The van der Waals surface area contributed by atoms with Crippen molar-refractivity contribution in [3.05, 3.63) is 78.1 Å². The zero-order chi connectivity index (χ0) is 26.5. The number of rotatable bonds is 8. The fraction of sp³-hybridized carbons (Fsp3) is 0.200. The van der Waals surface area contributed by atoms with Crippen LogP contribution in [-0.2, 0) is 9.59 Å². The second-order valence-electron chi connectivity index (χ2n) is 8.61. The Morgan fingerprint density at radius 1 is 0.973 bits per heavy atom. The summed E-state index contributed by atoms with van der Waals surface area (Å²) in [6, 6.07) is 16.7. The number of ether oxygens (including phenoxy) is 2. The van der Waals surface area contributed by atoms with Gasteiger partial charge in [-0.05, 0) is 62.7 Å². The van der Waals surface area contributed by atoms with Gasteiger partial charge >= 0.3 is 0 Å². The lowest BCUT2D eigenvalue weighted by Crippen LogP contribution is -2.09. The summed E-state index contributed by atoms with van der Waals surface area (Å²) in [5.74, 6) is 0.993. The molecular formula is C30H30N2O5. The molecule has 0 unspecified atom stereocenters. The number of aryl methyl sites for hydroxylation is 1. The monoisotopic (exact) mass is 498 g/mol. The minimum absolute atomic E-state index is 0.154. The summed E-state index contributed by atoms with van der Waals surface area (Å²) in [4.78, 5) is 24.1. The Hall–Kier alpha value is -4.52. The molecule has 0 aliphatic carbocycles. The average molecular weight is 499 g/mol. The van der Waals surface area contributed by atoms with Crippen LogP contribution >= 0.6 is 0 Å². The van der Waals surface area contributed by atoms with E-state index in [0.717, 1.165) is 44.5 Å². The summed E-state index contributed by atoms with van der Waals surface area (Å²) in [6.45, 7) is 7.68. The summed E-state index contributed by atoms with van der Waals surface area (Å²) in [5.41, 5.74) is 6.23. The van der Waals surface area contributed by atoms with Gasteiger partial charge in [-0.25, -0.2) is 0 Å². The molecular weight excluding hydrogens is 468 g/mol. The molecule has 4 rings (SSSR count). The molecule has 0 saturated carbocycles. The van der Waals surface area contributed by atoms with Gasteiger partial charge in [-0.1, -0.05) is 18.2 Å². The fourth-order valence-electron chi connectivity index (χ4n) is 4.31. The van der Waals surface area contributed by atoms with Crippen molar-refractivity contribution < 1.29 is 23.5 Å². The molecule has 0 spiro atoms. The molecule has 37 heavy (non-hydrogen) atoms. The topological polar surface area (TPSA) is 89.8 Å². The van der Waals surface area contributed by atoms with Gasteiger partial charge in [-0.2, -0.15) is 0 Å². The lowest BCUT2D eigenvalue weighted by Gasteiger charge is -2.15. The molecule has 190 valence electrons. The van der Waals surface area contributed by atoms with Crippen LogP contribution in [0.4, 0.5) is 11.4 Å². The first-order chi connectivity index (χ1) is 17.8. The van der Waals surface area contributed by atoms with Crippen molar-refractivity contribution in [1.82, 2.24) is 0 Å². The highest BCUT2D eigenvalue weighted by Gasteiger charge is 2.20. The highest BCUT2D eigenvalue weighted by atomic mass is 16.5. The number of benzene rings is 3. The van der Waals surface area contributed by atoms with Crippen LogP contribution in [0.2, 0.25) is 0 Å². The summed E-state index contributed by atoms with van der Waals surface area (Å²) in [5, 5.41) is 6.48. The first-order valence-electron chi connectivity index (χ1n) is 12.0. The maximum absolute atomic E-state index is 12.9. The van der Waals surface area contributed by atoms with E-state index in [9.17, 15) is 9.59 Å². The van der Waals surface area contributed by atoms with E-state index >= 15 is 0 Å². The first kappa shape index (κ1) is 25.6. The SMILES string of the molecule is CCOc1c(/C(C)=C/C(=O)Nc2ccc(NC(C)=O)cc2)cc2c(-c3ccccc3OC)coc2c1C. The third-order valence-electron chi connectivity index (χ3n) is 5.97. The van der Waals surface area contributed by atoms with Crippen LogP contribution in [0.5, 0.6) is 11.5 Å². The number of hydrogen-bond donors (Lipinski definition) is 2. The summed E-state index contributed by atoms with van der Waals surface area (Å²) in [6.07, 6.45) is 3.28. The van der Waals surface area contributed by atoms with Crippen molar-refractivity contribution in [3.63, 3.8) is 0 Å². The number of furan rings is 1. The summed E-state index contributed by atoms with van der Waals surface area (Å²) >= 11 is 0. The van der Waals surface area contributed by atoms with Crippen LogP contribution in [0.25, 0.3) is 27.7 Å². The van der Waals surface area contributed by atoms with Gasteiger partial charge in [-0.15, -0.1) is 0 Å². The fourth-order valence-corrected chi connectivity index (χ4v) is 4.31.